The fourth-order valence-corrected chi connectivity index (χ4v) is 3.72. The molecular formula is C14H28IN3O3S. The predicted molar refractivity (Wildman–Crippen MR) is 99.7 cm³/mol. The number of nitrogens with zero attached hydrogens (tertiary/aromatic N) is 1. The summed E-state index contributed by atoms with van der Waals surface area (Å²) in [6, 6.07) is 0. The van der Waals surface area contributed by atoms with E-state index in [0.29, 0.717) is 32.6 Å². The van der Waals surface area contributed by atoms with Gasteiger partial charge >= 0.3 is 0 Å². The third-order valence-corrected chi connectivity index (χ3v) is 6.43. The molecule has 0 aromatic heterocycles. The zero-order valence-corrected chi connectivity index (χ0v) is 16.6. The van der Waals surface area contributed by atoms with Crippen LogP contribution in [0.1, 0.15) is 32.6 Å². The van der Waals surface area contributed by atoms with Crippen molar-refractivity contribution in [2.24, 2.45) is 10.9 Å². The molecule has 0 amide bonds. The summed E-state index contributed by atoms with van der Waals surface area (Å²) in [5.41, 5.74) is 0. The number of hydrogen-bond donors (Lipinski definition) is 2. The molecule has 0 atom stereocenters. The van der Waals surface area contributed by atoms with Crippen molar-refractivity contribution in [3.63, 3.8) is 0 Å². The van der Waals surface area contributed by atoms with Crippen molar-refractivity contribution in [2.45, 2.75) is 37.4 Å². The van der Waals surface area contributed by atoms with Crippen LogP contribution in [0.5, 0.6) is 0 Å². The molecule has 0 radical (unpaired) electrons. The first kappa shape index (κ1) is 20.0. The van der Waals surface area contributed by atoms with E-state index in [0.717, 1.165) is 25.0 Å². The molecule has 1 heterocycles. The highest BCUT2D eigenvalue weighted by Gasteiger charge is 2.42. The van der Waals surface area contributed by atoms with Gasteiger partial charge in [-0.05, 0) is 38.5 Å². The molecule has 0 unspecified atom stereocenters. The molecule has 6 nitrogen and oxygen atoms in total. The minimum atomic E-state index is -3.16. The van der Waals surface area contributed by atoms with E-state index in [1.807, 2.05) is 6.92 Å². The van der Waals surface area contributed by atoms with Gasteiger partial charge in [-0.25, -0.2) is 8.42 Å². The van der Waals surface area contributed by atoms with E-state index in [1.165, 1.54) is 19.1 Å². The minimum Gasteiger partial charge on any atom is -0.381 e. The largest absolute Gasteiger partial charge is 0.381 e. The van der Waals surface area contributed by atoms with Gasteiger partial charge in [0.25, 0.3) is 0 Å². The SMILES string of the molecule is CCNC(=NCC1(S(C)(=O)=O)CCOCC1)NCC1CC1.I. The van der Waals surface area contributed by atoms with Crippen LogP contribution in [0.2, 0.25) is 0 Å². The molecule has 2 aliphatic rings. The van der Waals surface area contributed by atoms with E-state index in [1.54, 1.807) is 0 Å². The molecule has 22 heavy (non-hydrogen) atoms. The Morgan fingerprint density at radius 3 is 2.41 bits per heavy atom. The maximum Gasteiger partial charge on any atom is 0.191 e. The summed E-state index contributed by atoms with van der Waals surface area (Å²) in [6.07, 6.45) is 4.92. The molecule has 1 aliphatic heterocycles. The molecule has 0 aromatic rings. The van der Waals surface area contributed by atoms with Crippen molar-refractivity contribution >= 4 is 39.8 Å². The van der Waals surface area contributed by atoms with E-state index >= 15 is 0 Å². The van der Waals surface area contributed by atoms with Gasteiger partial charge in [0.05, 0.1) is 11.3 Å². The molecule has 1 aliphatic carbocycles. The molecule has 2 rings (SSSR count). The third kappa shape index (κ3) is 5.52. The summed E-state index contributed by atoms with van der Waals surface area (Å²) in [7, 11) is -3.16. The second-order valence-corrected chi connectivity index (χ2v) is 8.50. The van der Waals surface area contributed by atoms with Crippen LogP contribution < -0.4 is 10.6 Å². The van der Waals surface area contributed by atoms with Crippen molar-refractivity contribution in [1.29, 1.82) is 0 Å². The Kier molecular flexibility index (Phi) is 7.87. The van der Waals surface area contributed by atoms with E-state index < -0.39 is 14.6 Å². The predicted octanol–water partition coefficient (Wildman–Crippen LogP) is 1.16. The highest BCUT2D eigenvalue weighted by Crippen LogP contribution is 2.30. The number of sulfone groups is 1. The van der Waals surface area contributed by atoms with Gasteiger partial charge in [0.15, 0.2) is 15.8 Å². The molecule has 8 heteroatoms. The van der Waals surface area contributed by atoms with Crippen molar-refractivity contribution in [2.75, 3.05) is 39.1 Å². The summed E-state index contributed by atoms with van der Waals surface area (Å²) in [4.78, 5) is 4.54. The highest BCUT2D eigenvalue weighted by molar-refractivity contribution is 14.0. The van der Waals surface area contributed by atoms with Gasteiger partial charge in [0, 0.05) is 32.6 Å². The standard InChI is InChI=1S/C14H27N3O3S.HI/c1-3-15-13(16-10-12-4-5-12)17-11-14(21(2,18)19)6-8-20-9-7-14;/h12H,3-11H2,1-2H3,(H2,15,16,17);1H. The summed E-state index contributed by atoms with van der Waals surface area (Å²) in [6.45, 7) is 4.99. The first-order valence-corrected chi connectivity index (χ1v) is 9.65. The van der Waals surface area contributed by atoms with Gasteiger partial charge in [-0.15, -0.1) is 24.0 Å². The zero-order chi connectivity index (χ0) is 15.3. The molecular weight excluding hydrogens is 417 g/mol. The van der Waals surface area contributed by atoms with E-state index in [-0.39, 0.29) is 24.0 Å². The molecule has 1 saturated heterocycles. The second-order valence-electron chi connectivity index (χ2n) is 6.09. The summed E-state index contributed by atoms with van der Waals surface area (Å²) >= 11 is 0. The number of aliphatic imine (C=N–C) groups is 1. The van der Waals surface area contributed by atoms with Crippen LogP contribution in [0.25, 0.3) is 0 Å². The number of hydrogen-bond acceptors (Lipinski definition) is 4. The van der Waals surface area contributed by atoms with Crippen LogP contribution in [0.4, 0.5) is 0 Å². The lowest BCUT2D eigenvalue weighted by atomic mass is 9.99. The minimum absolute atomic E-state index is 0. The first-order chi connectivity index (χ1) is 9.97. The van der Waals surface area contributed by atoms with Gasteiger partial charge in [0.1, 0.15) is 0 Å². The van der Waals surface area contributed by atoms with Crippen LogP contribution in [0, 0.1) is 5.92 Å². The number of halogens is 1. The quantitative estimate of drug-likeness (QED) is 0.365. The maximum atomic E-state index is 12.2. The topological polar surface area (TPSA) is 79.8 Å². The summed E-state index contributed by atoms with van der Waals surface area (Å²) in [5.74, 6) is 1.47. The fraction of sp³-hybridized carbons (Fsp3) is 0.929. The fourth-order valence-electron chi connectivity index (χ4n) is 2.52. The zero-order valence-electron chi connectivity index (χ0n) is 13.4. The van der Waals surface area contributed by atoms with Gasteiger partial charge in [0.2, 0.25) is 0 Å². The van der Waals surface area contributed by atoms with E-state index in [4.69, 9.17) is 4.74 Å². The molecule has 0 spiro atoms. The van der Waals surface area contributed by atoms with Gasteiger partial charge in [-0.1, -0.05) is 0 Å². The third-order valence-electron chi connectivity index (χ3n) is 4.32. The highest BCUT2D eigenvalue weighted by atomic mass is 127. The molecule has 0 aromatic carbocycles. The smallest absolute Gasteiger partial charge is 0.191 e. The Balaban J connectivity index is 0.00000242. The molecule has 130 valence electrons. The van der Waals surface area contributed by atoms with Crippen molar-refractivity contribution in [1.82, 2.24) is 10.6 Å². The van der Waals surface area contributed by atoms with Gasteiger partial charge in [-0.3, -0.25) is 4.99 Å². The summed E-state index contributed by atoms with van der Waals surface area (Å²) in [5, 5.41) is 6.49. The van der Waals surface area contributed by atoms with Crippen molar-refractivity contribution in [3.8, 4) is 0 Å². The Hall–Kier alpha value is -0.0900. The van der Waals surface area contributed by atoms with E-state index in [2.05, 4.69) is 15.6 Å². The Morgan fingerprint density at radius 2 is 1.91 bits per heavy atom. The number of rotatable bonds is 6. The number of nitrogens with one attached hydrogen (secondary N) is 2. The number of ether oxygens (including phenoxy) is 1. The second kappa shape index (κ2) is 8.68. The van der Waals surface area contributed by atoms with Crippen LogP contribution in [-0.4, -0.2) is 58.2 Å². The molecule has 2 N–H and O–H groups in total. The van der Waals surface area contributed by atoms with Crippen LogP contribution in [0.15, 0.2) is 4.99 Å². The lowest BCUT2D eigenvalue weighted by Gasteiger charge is -2.34. The monoisotopic (exact) mass is 445 g/mol. The van der Waals surface area contributed by atoms with Crippen LogP contribution in [-0.2, 0) is 14.6 Å². The number of guanidine groups is 1. The maximum absolute atomic E-state index is 12.2. The van der Waals surface area contributed by atoms with Gasteiger partial charge < -0.3 is 15.4 Å². The Morgan fingerprint density at radius 1 is 1.27 bits per heavy atom. The first-order valence-electron chi connectivity index (χ1n) is 7.76. The van der Waals surface area contributed by atoms with Crippen LogP contribution >= 0.6 is 24.0 Å². The Labute approximate surface area is 150 Å². The van der Waals surface area contributed by atoms with Crippen molar-refractivity contribution < 1.29 is 13.2 Å². The lowest BCUT2D eigenvalue weighted by Crippen LogP contribution is -2.47. The van der Waals surface area contributed by atoms with E-state index in [9.17, 15) is 8.42 Å². The Bertz CT molecular complexity index is 472. The molecule has 2 fully saturated rings. The average molecular weight is 445 g/mol. The van der Waals surface area contributed by atoms with Gasteiger partial charge in [-0.2, -0.15) is 0 Å². The van der Waals surface area contributed by atoms with Crippen molar-refractivity contribution in [3.05, 3.63) is 0 Å². The van der Waals surface area contributed by atoms with Crippen LogP contribution in [0.3, 0.4) is 0 Å². The summed E-state index contributed by atoms with van der Waals surface area (Å²) < 4.78 is 28.9. The lowest BCUT2D eigenvalue weighted by molar-refractivity contribution is 0.0768. The average Bonchev–Trinajstić information content (AvgIpc) is 3.26. The molecule has 1 saturated carbocycles. The molecule has 0 bridgehead atoms. The normalized spacial score (nSPS) is 21.8.